The van der Waals surface area contributed by atoms with Crippen molar-refractivity contribution >= 4 is 29.5 Å². The van der Waals surface area contributed by atoms with Crippen LogP contribution in [0.2, 0.25) is 0 Å². The Morgan fingerprint density at radius 3 is 2.88 bits per heavy atom. The number of hydrogen-bond donors (Lipinski definition) is 3. The van der Waals surface area contributed by atoms with E-state index in [2.05, 4.69) is 30.9 Å². The van der Waals surface area contributed by atoms with E-state index >= 15 is 0 Å². The van der Waals surface area contributed by atoms with Crippen molar-refractivity contribution in [3.63, 3.8) is 0 Å². The van der Waals surface area contributed by atoms with Crippen LogP contribution in [0.5, 0.6) is 0 Å². The van der Waals surface area contributed by atoms with Crippen LogP contribution in [-0.2, 0) is 4.79 Å². The SMILES string of the molecule is CCNC(=O)/C=C/c1cncc(Nc2nccc(C(=O)NC)n2)c1. The van der Waals surface area contributed by atoms with Crippen molar-refractivity contribution < 1.29 is 9.59 Å². The van der Waals surface area contributed by atoms with Crippen molar-refractivity contribution in [3.8, 4) is 0 Å². The number of aromatic nitrogens is 3. The normalized spacial score (nSPS) is 10.4. The zero-order valence-corrected chi connectivity index (χ0v) is 13.4. The Morgan fingerprint density at radius 1 is 1.29 bits per heavy atom. The summed E-state index contributed by atoms with van der Waals surface area (Å²) < 4.78 is 0. The lowest BCUT2D eigenvalue weighted by Crippen LogP contribution is -2.19. The van der Waals surface area contributed by atoms with Crippen molar-refractivity contribution in [1.82, 2.24) is 25.6 Å². The van der Waals surface area contributed by atoms with Crippen LogP contribution in [-0.4, -0.2) is 40.4 Å². The van der Waals surface area contributed by atoms with Gasteiger partial charge in [-0.1, -0.05) is 0 Å². The molecule has 0 atom stereocenters. The second-order valence-corrected chi connectivity index (χ2v) is 4.70. The second kappa shape index (κ2) is 8.37. The lowest BCUT2D eigenvalue weighted by Gasteiger charge is -2.06. The molecule has 2 heterocycles. The summed E-state index contributed by atoms with van der Waals surface area (Å²) in [5.41, 5.74) is 1.64. The molecule has 2 aromatic rings. The Morgan fingerprint density at radius 2 is 2.12 bits per heavy atom. The van der Waals surface area contributed by atoms with Crippen molar-refractivity contribution in [2.75, 3.05) is 18.9 Å². The van der Waals surface area contributed by atoms with Crippen LogP contribution in [0.1, 0.15) is 23.0 Å². The number of likely N-dealkylation sites (N-methyl/N-ethyl adjacent to an activating group) is 1. The number of carbonyl (C=O) groups excluding carboxylic acids is 2. The van der Waals surface area contributed by atoms with E-state index in [1.54, 1.807) is 24.5 Å². The number of amides is 2. The van der Waals surface area contributed by atoms with E-state index in [0.717, 1.165) is 5.56 Å². The zero-order chi connectivity index (χ0) is 17.4. The highest BCUT2D eigenvalue weighted by Crippen LogP contribution is 2.14. The highest BCUT2D eigenvalue weighted by atomic mass is 16.2. The van der Waals surface area contributed by atoms with Gasteiger partial charge in [-0.05, 0) is 30.7 Å². The average Bonchev–Trinajstić information content (AvgIpc) is 2.60. The first kappa shape index (κ1) is 17.1. The summed E-state index contributed by atoms with van der Waals surface area (Å²) in [6, 6.07) is 3.31. The third kappa shape index (κ3) is 4.87. The molecule has 0 aliphatic rings. The number of hydrogen-bond acceptors (Lipinski definition) is 6. The number of rotatable bonds is 6. The van der Waals surface area contributed by atoms with Gasteiger partial charge in [0.15, 0.2) is 0 Å². The van der Waals surface area contributed by atoms with Gasteiger partial charge >= 0.3 is 0 Å². The summed E-state index contributed by atoms with van der Waals surface area (Å²) in [4.78, 5) is 35.3. The van der Waals surface area contributed by atoms with Crippen LogP contribution in [0.4, 0.5) is 11.6 Å². The maximum atomic E-state index is 11.6. The van der Waals surface area contributed by atoms with Gasteiger partial charge in [0, 0.05) is 32.1 Å². The second-order valence-electron chi connectivity index (χ2n) is 4.70. The molecule has 0 unspecified atom stereocenters. The Labute approximate surface area is 139 Å². The molecular weight excluding hydrogens is 308 g/mol. The van der Waals surface area contributed by atoms with Gasteiger partial charge in [0.1, 0.15) is 5.69 Å². The molecule has 2 aromatic heterocycles. The van der Waals surface area contributed by atoms with Gasteiger partial charge < -0.3 is 16.0 Å². The summed E-state index contributed by atoms with van der Waals surface area (Å²) in [7, 11) is 1.53. The quantitative estimate of drug-likeness (QED) is 0.687. The molecule has 8 nitrogen and oxygen atoms in total. The van der Waals surface area contributed by atoms with Gasteiger partial charge in [-0.25, -0.2) is 9.97 Å². The van der Waals surface area contributed by atoms with Crippen molar-refractivity contribution in [2.45, 2.75) is 6.92 Å². The van der Waals surface area contributed by atoms with Crippen molar-refractivity contribution in [1.29, 1.82) is 0 Å². The molecule has 0 saturated heterocycles. The third-order valence-electron chi connectivity index (χ3n) is 2.91. The highest BCUT2D eigenvalue weighted by Gasteiger charge is 2.07. The summed E-state index contributed by atoms with van der Waals surface area (Å²) in [5, 5.41) is 8.15. The van der Waals surface area contributed by atoms with Crippen LogP contribution >= 0.6 is 0 Å². The molecule has 0 saturated carbocycles. The number of nitrogens with one attached hydrogen (secondary N) is 3. The molecule has 124 valence electrons. The Hall–Kier alpha value is -3.29. The number of carbonyl (C=O) groups is 2. The molecule has 0 aromatic carbocycles. The van der Waals surface area contributed by atoms with Crippen molar-refractivity contribution in [2.24, 2.45) is 0 Å². The molecule has 0 aliphatic carbocycles. The van der Waals surface area contributed by atoms with E-state index in [1.165, 1.54) is 25.4 Å². The maximum absolute atomic E-state index is 11.6. The highest BCUT2D eigenvalue weighted by molar-refractivity contribution is 5.92. The molecule has 0 aliphatic heterocycles. The third-order valence-corrected chi connectivity index (χ3v) is 2.91. The first-order chi connectivity index (χ1) is 11.6. The maximum Gasteiger partial charge on any atom is 0.269 e. The van der Waals surface area contributed by atoms with Gasteiger partial charge in [-0.3, -0.25) is 14.6 Å². The van der Waals surface area contributed by atoms with E-state index < -0.39 is 0 Å². The van der Waals surface area contributed by atoms with E-state index in [-0.39, 0.29) is 23.5 Å². The standard InChI is InChI=1S/C16H18N6O2/c1-3-19-14(23)5-4-11-8-12(10-18-9-11)21-16-20-7-6-13(22-16)15(24)17-2/h4-10H,3H2,1-2H3,(H,17,24)(H,19,23)(H,20,21,22)/b5-4+. The van der Waals surface area contributed by atoms with E-state index in [0.29, 0.717) is 12.2 Å². The predicted molar refractivity (Wildman–Crippen MR) is 90.7 cm³/mol. The summed E-state index contributed by atoms with van der Waals surface area (Å²) in [6.07, 6.45) is 7.81. The Balaban J connectivity index is 2.12. The molecule has 0 fully saturated rings. The van der Waals surface area contributed by atoms with Crippen LogP contribution < -0.4 is 16.0 Å². The molecule has 24 heavy (non-hydrogen) atoms. The first-order valence-corrected chi connectivity index (χ1v) is 7.35. The summed E-state index contributed by atoms with van der Waals surface area (Å²) >= 11 is 0. The number of anilines is 2. The van der Waals surface area contributed by atoms with Crippen LogP contribution in [0.3, 0.4) is 0 Å². The van der Waals surface area contributed by atoms with E-state index in [1.807, 2.05) is 6.92 Å². The lowest BCUT2D eigenvalue weighted by atomic mass is 10.2. The van der Waals surface area contributed by atoms with Crippen LogP contribution in [0.15, 0.2) is 36.8 Å². The molecule has 2 rings (SSSR count). The van der Waals surface area contributed by atoms with Gasteiger partial charge in [0.25, 0.3) is 5.91 Å². The number of nitrogens with zero attached hydrogens (tertiary/aromatic N) is 3. The van der Waals surface area contributed by atoms with Gasteiger partial charge in [0.05, 0.1) is 11.9 Å². The van der Waals surface area contributed by atoms with E-state index in [4.69, 9.17) is 0 Å². The molecule has 2 amide bonds. The monoisotopic (exact) mass is 326 g/mol. The van der Waals surface area contributed by atoms with Gasteiger partial charge in [0.2, 0.25) is 11.9 Å². The fraction of sp³-hybridized carbons (Fsp3) is 0.188. The minimum atomic E-state index is -0.294. The van der Waals surface area contributed by atoms with E-state index in [9.17, 15) is 9.59 Å². The average molecular weight is 326 g/mol. The molecule has 8 heteroatoms. The minimum absolute atomic E-state index is 0.169. The smallest absolute Gasteiger partial charge is 0.269 e. The van der Waals surface area contributed by atoms with Crippen molar-refractivity contribution in [3.05, 3.63) is 48.1 Å². The fourth-order valence-electron chi connectivity index (χ4n) is 1.82. The Kier molecular flexibility index (Phi) is 5.95. The zero-order valence-electron chi connectivity index (χ0n) is 13.4. The van der Waals surface area contributed by atoms with Gasteiger partial charge in [-0.2, -0.15) is 0 Å². The molecule has 3 N–H and O–H groups in total. The first-order valence-electron chi connectivity index (χ1n) is 7.35. The topological polar surface area (TPSA) is 109 Å². The fourth-order valence-corrected chi connectivity index (χ4v) is 1.82. The minimum Gasteiger partial charge on any atom is -0.354 e. The summed E-state index contributed by atoms with van der Waals surface area (Å²) in [5.74, 6) is -0.183. The number of pyridine rings is 1. The molecule has 0 radical (unpaired) electrons. The molecular formula is C16H18N6O2. The lowest BCUT2D eigenvalue weighted by molar-refractivity contribution is -0.116. The van der Waals surface area contributed by atoms with Gasteiger partial charge in [-0.15, -0.1) is 0 Å². The largest absolute Gasteiger partial charge is 0.354 e. The Bertz CT molecular complexity index is 760. The van der Waals surface area contributed by atoms with Crippen LogP contribution in [0, 0.1) is 0 Å². The predicted octanol–water partition coefficient (Wildman–Crippen LogP) is 1.12. The van der Waals surface area contributed by atoms with Crippen LogP contribution in [0.25, 0.3) is 6.08 Å². The summed E-state index contributed by atoms with van der Waals surface area (Å²) in [6.45, 7) is 2.42. The molecule has 0 bridgehead atoms. The molecule has 0 spiro atoms.